The first-order valence-electron chi connectivity index (χ1n) is 8.93. The third-order valence-electron chi connectivity index (χ3n) is 4.90. The number of hydrogen-bond donors (Lipinski definition) is 1. The molecule has 1 N–H and O–H groups in total. The fourth-order valence-electron chi connectivity index (χ4n) is 3.43. The molecule has 1 aliphatic carbocycles. The highest BCUT2D eigenvalue weighted by atomic mass is 16.6. The molecule has 2 atom stereocenters. The minimum atomic E-state index is -0.660. The Morgan fingerprint density at radius 2 is 1.92 bits per heavy atom. The van der Waals surface area contributed by atoms with Crippen LogP contribution in [0.25, 0.3) is 0 Å². The summed E-state index contributed by atoms with van der Waals surface area (Å²) in [5.41, 5.74) is 0.921. The van der Waals surface area contributed by atoms with Crippen molar-refractivity contribution >= 4 is 5.97 Å². The topological polar surface area (TPSA) is 59.1 Å². The van der Waals surface area contributed by atoms with E-state index in [1.807, 2.05) is 13.0 Å². The highest BCUT2D eigenvalue weighted by Gasteiger charge is 2.69. The van der Waals surface area contributed by atoms with Crippen molar-refractivity contribution in [2.45, 2.75) is 79.4 Å². The molecule has 1 fully saturated rings. The minimum Gasteiger partial charge on any atom is -0.509 e. The molecule has 1 aliphatic heterocycles. The van der Waals surface area contributed by atoms with Crippen LogP contribution < -0.4 is 0 Å². The van der Waals surface area contributed by atoms with Crippen LogP contribution in [-0.4, -0.2) is 29.4 Å². The second kappa shape index (κ2) is 6.21. The van der Waals surface area contributed by atoms with E-state index in [2.05, 4.69) is 41.5 Å². The summed E-state index contributed by atoms with van der Waals surface area (Å²) in [7, 11) is 0. The molecule has 0 saturated carbocycles. The third kappa shape index (κ3) is 3.26. The number of ether oxygens (including phenoxy) is 2. The van der Waals surface area contributed by atoms with E-state index in [-0.39, 0.29) is 22.9 Å². The number of rotatable bonds is 5. The summed E-state index contributed by atoms with van der Waals surface area (Å²) < 4.78 is 11.2. The summed E-state index contributed by atoms with van der Waals surface area (Å²) in [5, 5.41) is 10.9. The molecular weight excluding hydrogens is 304 g/mol. The number of carbonyl (C=O) groups excluding carboxylic acids is 1. The highest BCUT2D eigenvalue weighted by Crippen LogP contribution is 2.61. The average molecular weight is 336 g/mol. The Bertz CT molecular complexity index is 571. The maximum atomic E-state index is 11.8. The number of aliphatic hydroxyl groups is 1. The number of fused-ring (bicyclic) bond motifs is 1. The number of carbonyl (C=O) groups is 1. The maximum absolute atomic E-state index is 11.8. The van der Waals surface area contributed by atoms with Crippen LogP contribution in [-0.2, 0) is 14.3 Å². The van der Waals surface area contributed by atoms with Gasteiger partial charge in [-0.1, -0.05) is 54.5 Å². The summed E-state index contributed by atoms with van der Waals surface area (Å²) in [6.07, 6.45) is 3.69. The van der Waals surface area contributed by atoms with E-state index < -0.39 is 5.60 Å². The zero-order chi connectivity index (χ0) is 18.3. The van der Waals surface area contributed by atoms with Gasteiger partial charge in [-0.25, -0.2) is 0 Å². The zero-order valence-corrected chi connectivity index (χ0v) is 16.2. The van der Waals surface area contributed by atoms with Gasteiger partial charge in [0.1, 0.15) is 11.9 Å². The lowest BCUT2D eigenvalue weighted by molar-refractivity contribution is -0.143. The Hall–Kier alpha value is -1.29. The summed E-state index contributed by atoms with van der Waals surface area (Å²) in [5.74, 6) is 0.181. The summed E-state index contributed by atoms with van der Waals surface area (Å²) in [4.78, 5) is 11.8. The molecule has 2 rings (SSSR count). The SMILES string of the molecule is CCCOC(=O)CCC1=CC(C(C)(C)C)=C(O)C2(C(C)(C)C)OC12. The van der Waals surface area contributed by atoms with Gasteiger partial charge in [-0.2, -0.15) is 0 Å². The van der Waals surface area contributed by atoms with Crippen LogP contribution in [0.4, 0.5) is 0 Å². The summed E-state index contributed by atoms with van der Waals surface area (Å²) in [6.45, 7) is 15.0. The van der Waals surface area contributed by atoms with Crippen molar-refractivity contribution in [1.82, 2.24) is 0 Å². The van der Waals surface area contributed by atoms with Crippen molar-refractivity contribution in [3.05, 3.63) is 23.0 Å². The Morgan fingerprint density at radius 1 is 1.29 bits per heavy atom. The molecule has 0 aromatic heterocycles. The lowest BCUT2D eigenvalue weighted by atomic mass is 9.68. The molecule has 2 unspecified atom stereocenters. The fourth-order valence-corrected chi connectivity index (χ4v) is 3.43. The molecule has 1 heterocycles. The number of allylic oxidation sites excluding steroid dienone is 2. The number of aliphatic hydroxyl groups excluding tert-OH is 1. The van der Waals surface area contributed by atoms with E-state index in [0.717, 1.165) is 17.6 Å². The quantitative estimate of drug-likeness (QED) is 0.584. The van der Waals surface area contributed by atoms with E-state index in [9.17, 15) is 9.90 Å². The molecule has 0 radical (unpaired) electrons. The van der Waals surface area contributed by atoms with Gasteiger partial charge in [0.2, 0.25) is 0 Å². The first-order valence-corrected chi connectivity index (χ1v) is 8.93. The van der Waals surface area contributed by atoms with Crippen LogP contribution in [0.5, 0.6) is 0 Å². The van der Waals surface area contributed by atoms with E-state index >= 15 is 0 Å². The largest absolute Gasteiger partial charge is 0.509 e. The first-order chi connectivity index (χ1) is 10.9. The summed E-state index contributed by atoms with van der Waals surface area (Å²) in [6, 6.07) is 0. The van der Waals surface area contributed by atoms with Crippen molar-refractivity contribution in [1.29, 1.82) is 0 Å². The van der Waals surface area contributed by atoms with Crippen LogP contribution in [0.3, 0.4) is 0 Å². The average Bonchev–Trinajstić information content (AvgIpc) is 3.20. The van der Waals surface area contributed by atoms with Gasteiger partial charge >= 0.3 is 5.97 Å². The van der Waals surface area contributed by atoms with Crippen molar-refractivity contribution in [2.24, 2.45) is 10.8 Å². The normalized spacial score (nSPS) is 26.8. The number of esters is 1. The predicted octanol–water partition coefficient (Wildman–Crippen LogP) is 4.70. The number of hydrogen-bond acceptors (Lipinski definition) is 4. The van der Waals surface area contributed by atoms with Gasteiger partial charge in [-0.3, -0.25) is 4.79 Å². The maximum Gasteiger partial charge on any atom is 0.306 e. The van der Waals surface area contributed by atoms with Gasteiger partial charge in [0, 0.05) is 11.8 Å². The Morgan fingerprint density at radius 3 is 2.42 bits per heavy atom. The van der Waals surface area contributed by atoms with E-state index in [0.29, 0.717) is 25.2 Å². The second-order valence-corrected chi connectivity index (χ2v) is 8.94. The van der Waals surface area contributed by atoms with E-state index in [1.165, 1.54) is 0 Å². The van der Waals surface area contributed by atoms with Gasteiger partial charge < -0.3 is 14.6 Å². The molecule has 24 heavy (non-hydrogen) atoms. The molecule has 4 nitrogen and oxygen atoms in total. The van der Waals surface area contributed by atoms with E-state index in [1.54, 1.807) is 0 Å². The van der Waals surface area contributed by atoms with Gasteiger partial charge in [0.25, 0.3) is 0 Å². The highest BCUT2D eigenvalue weighted by molar-refractivity contribution is 5.70. The zero-order valence-electron chi connectivity index (χ0n) is 16.2. The Balaban J connectivity index is 2.26. The monoisotopic (exact) mass is 336 g/mol. The van der Waals surface area contributed by atoms with Crippen LogP contribution in [0.2, 0.25) is 0 Å². The summed E-state index contributed by atoms with van der Waals surface area (Å²) >= 11 is 0. The van der Waals surface area contributed by atoms with Crippen molar-refractivity contribution < 1.29 is 19.4 Å². The van der Waals surface area contributed by atoms with Gasteiger partial charge in [-0.15, -0.1) is 0 Å². The van der Waals surface area contributed by atoms with E-state index in [4.69, 9.17) is 9.47 Å². The molecule has 4 heteroatoms. The Kier molecular flexibility index (Phi) is 4.93. The lowest BCUT2D eigenvalue weighted by Crippen LogP contribution is -2.39. The lowest BCUT2D eigenvalue weighted by Gasteiger charge is -2.35. The van der Waals surface area contributed by atoms with Crippen LogP contribution in [0.15, 0.2) is 23.0 Å². The minimum absolute atomic E-state index is 0.137. The molecule has 0 aromatic carbocycles. The van der Waals surface area contributed by atoms with Crippen LogP contribution >= 0.6 is 0 Å². The molecule has 136 valence electrons. The molecule has 1 saturated heterocycles. The van der Waals surface area contributed by atoms with Gasteiger partial charge in [-0.05, 0) is 29.4 Å². The second-order valence-electron chi connectivity index (χ2n) is 8.94. The van der Waals surface area contributed by atoms with Crippen molar-refractivity contribution in [2.75, 3.05) is 6.61 Å². The first kappa shape index (κ1) is 19.0. The van der Waals surface area contributed by atoms with Gasteiger partial charge in [0.15, 0.2) is 5.60 Å². The number of epoxide rings is 1. The van der Waals surface area contributed by atoms with Gasteiger partial charge in [0.05, 0.1) is 6.61 Å². The molecule has 0 amide bonds. The third-order valence-corrected chi connectivity index (χ3v) is 4.90. The predicted molar refractivity (Wildman–Crippen MR) is 94.7 cm³/mol. The van der Waals surface area contributed by atoms with Crippen molar-refractivity contribution in [3.63, 3.8) is 0 Å². The van der Waals surface area contributed by atoms with Crippen LogP contribution in [0, 0.1) is 10.8 Å². The molecule has 0 bridgehead atoms. The van der Waals surface area contributed by atoms with Crippen LogP contribution in [0.1, 0.15) is 67.7 Å². The molecule has 0 aromatic rings. The molecule has 0 spiro atoms. The smallest absolute Gasteiger partial charge is 0.306 e. The van der Waals surface area contributed by atoms with Crippen molar-refractivity contribution in [3.8, 4) is 0 Å². The molecule has 2 aliphatic rings. The Labute approximate surface area is 145 Å². The molecular formula is C20H32O4. The fraction of sp³-hybridized carbons (Fsp3) is 0.750. The standard InChI is InChI=1S/C20H32O4/c1-8-11-23-15(21)10-9-13-12-14(18(2,3)4)16(22)20(17(13)24-20)19(5,6)7/h12,17,22H,8-11H2,1-7H3.